The van der Waals surface area contributed by atoms with Crippen LogP contribution in [-0.4, -0.2) is 24.2 Å². The number of ether oxygens (including phenoxy) is 1. The highest BCUT2D eigenvalue weighted by molar-refractivity contribution is 7.80. The average Bonchev–Trinajstić information content (AvgIpc) is 2.67. The predicted molar refractivity (Wildman–Crippen MR) is 109 cm³/mol. The zero-order chi connectivity index (χ0) is 18.2. The average molecular weight is 369 g/mol. The summed E-state index contributed by atoms with van der Waals surface area (Å²) >= 11 is 5.19. The number of carbonyl (C=O) groups is 1. The fourth-order valence-corrected chi connectivity index (χ4v) is 3.36. The lowest BCUT2D eigenvalue weighted by Gasteiger charge is -2.14. The van der Waals surface area contributed by atoms with Crippen molar-refractivity contribution < 1.29 is 9.53 Å². The molecule has 0 radical (unpaired) electrons. The van der Waals surface area contributed by atoms with Crippen molar-refractivity contribution in [2.45, 2.75) is 32.1 Å². The van der Waals surface area contributed by atoms with Gasteiger partial charge in [0.1, 0.15) is 5.75 Å². The third-order valence-corrected chi connectivity index (χ3v) is 4.72. The SMILES string of the molecule is O=C(COc1cccc2ccccc12)NC(=S)NCCC1=CCCCC1. The van der Waals surface area contributed by atoms with Gasteiger partial charge in [0.15, 0.2) is 11.7 Å². The van der Waals surface area contributed by atoms with Crippen molar-refractivity contribution in [1.82, 2.24) is 10.6 Å². The summed E-state index contributed by atoms with van der Waals surface area (Å²) in [6.07, 6.45) is 8.23. The smallest absolute Gasteiger partial charge is 0.264 e. The molecule has 26 heavy (non-hydrogen) atoms. The van der Waals surface area contributed by atoms with E-state index in [-0.39, 0.29) is 12.5 Å². The van der Waals surface area contributed by atoms with Crippen molar-refractivity contribution in [1.29, 1.82) is 0 Å². The Kier molecular flexibility index (Phi) is 6.61. The first-order chi connectivity index (χ1) is 12.7. The first-order valence-electron chi connectivity index (χ1n) is 9.08. The van der Waals surface area contributed by atoms with Crippen LogP contribution in [0.4, 0.5) is 0 Å². The van der Waals surface area contributed by atoms with E-state index >= 15 is 0 Å². The first-order valence-corrected chi connectivity index (χ1v) is 9.49. The maximum Gasteiger partial charge on any atom is 0.264 e. The van der Waals surface area contributed by atoms with Gasteiger partial charge in [-0.15, -0.1) is 0 Å². The van der Waals surface area contributed by atoms with Crippen LogP contribution in [0.1, 0.15) is 32.1 Å². The Bertz CT molecular complexity index is 811. The molecule has 0 heterocycles. The highest BCUT2D eigenvalue weighted by Crippen LogP contribution is 2.25. The van der Waals surface area contributed by atoms with Crippen molar-refractivity contribution in [3.8, 4) is 5.75 Å². The Labute approximate surface area is 159 Å². The van der Waals surface area contributed by atoms with Gasteiger partial charge in [0.05, 0.1) is 0 Å². The van der Waals surface area contributed by atoms with Crippen LogP contribution in [0.15, 0.2) is 54.1 Å². The molecule has 0 unspecified atom stereocenters. The zero-order valence-corrected chi connectivity index (χ0v) is 15.6. The highest BCUT2D eigenvalue weighted by Gasteiger charge is 2.08. The summed E-state index contributed by atoms with van der Waals surface area (Å²) < 4.78 is 5.67. The Balaban J connectivity index is 1.42. The van der Waals surface area contributed by atoms with Gasteiger partial charge in [-0.25, -0.2) is 0 Å². The third kappa shape index (κ3) is 5.30. The number of rotatable bonds is 6. The molecule has 1 aliphatic rings. The van der Waals surface area contributed by atoms with Gasteiger partial charge in [-0.2, -0.15) is 0 Å². The number of amides is 1. The Morgan fingerprint density at radius 3 is 2.81 bits per heavy atom. The van der Waals surface area contributed by atoms with E-state index in [0.717, 1.165) is 23.7 Å². The summed E-state index contributed by atoms with van der Waals surface area (Å²) in [4.78, 5) is 12.1. The number of allylic oxidation sites excluding steroid dienone is 1. The minimum Gasteiger partial charge on any atom is -0.483 e. The van der Waals surface area contributed by atoms with Crippen molar-refractivity contribution in [2.24, 2.45) is 0 Å². The fraction of sp³-hybridized carbons (Fsp3) is 0.333. The van der Waals surface area contributed by atoms with Gasteiger partial charge in [-0.05, 0) is 55.8 Å². The molecule has 4 nitrogen and oxygen atoms in total. The minimum atomic E-state index is -0.257. The molecule has 1 aliphatic carbocycles. The van der Waals surface area contributed by atoms with E-state index < -0.39 is 0 Å². The molecule has 0 bridgehead atoms. The van der Waals surface area contributed by atoms with Crippen LogP contribution in [0.3, 0.4) is 0 Å². The summed E-state index contributed by atoms with van der Waals surface area (Å²) in [6.45, 7) is 0.677. The van der Waals surface area contributed by atoms with E-state index in [2.05, 4.69) is 16.7 Å². The van der Waals surface area contributed by atoms with Crippen LogP contribution < -0.4 is 15.4 Å². The van der Waals surface area contributed by atoms with E-state index in [0.29, 0.717) is 10.9 Å². The molecule has 0 saturated carbocycles. The summed E-state index contributed by atoms with van der Waals surface area (Å²) in [5.74, 6) is 0.439. The standard InChI is InChI=1S/C21H24N2O2S/c24-20(23-21(26)22-14-13-16-7-2-1-3-8-16)15-25-19-12-6-10-17-9-4-5-11-18(17)19/h4-7,9-12H,1-3,8,13-15H2,(H2,22,23,24,26). The molecule has 0 aliphatic heterocycles. The van der Waals surface area contributed by atoms with Crippen LogP contribution >= 0.6 is 12.2 Å². The number of benzene rings is 2. The number of nitrogens with one attached hydrogen (secondary N) is 2. The number of carbonyl (C=O) groups excluding carboxylic acids is 1. The molecule has 5 heteroatoms. The molecule has 2 aromatic carbocycles. The van der Waals surface area contributed by atoms with E-state index in [1.165, 1.54) is 31.3 Å². The van der Waals surface area contributed by atoms with E-state index in [1.54, 1.807) is 0 Å². The van der Waals surface area contributed by atoms with Gasteiger partial charge in [0.25, 0.3) is 5.91 Å². The summed E-state index contributed by atoms with van der Waals surface area (Å²) in [7, 11) is 0. The maximum atomic E-state index is 12.1. The first kappa shape index (κ1) is 18.4. The molecule has 0 atom stereocenters. The number of hydrogen-bond acceptors (Lipinski definition) is 3. The summed E-state index contributed by atoms with van der Waals surface area (Å²) in [6, 6.07) is 13.7. The molecule has 2 aromatic rings. The Hall–Kier alpha value is -2.40. The number of thiocarbonyl (C=S) groups is 1. The van der Waals surface area contributed by atoms with Gasteiger partial charge >= 0.3 is 0 Å². The fourth-order valence-electron chi connectivity index (χ4n) is 3.14. The van der Waals surface area contributed by atoms with Gasteiger partial charge in [-0.1, -0.05) is 48.0 Å². The molecule has 0 fully saturated rings. The normalized spacial score (nSPS) is 13.8. The van der Waals surface area contributed by atoms with Crippen LogP contribution in [-0.2, 0) is 4.79 Å². The molecule has 0 saturated heterocycles. The second kappa shape index (κ2) is 9.34. The lowest BCUT2D eigenvalue weighted by Crippen LogP contribution is -2.41. The van der Waals surface area contributed by atoms with Crippen molar-refractivity contribution in [3.05, 3.63) is 54.1 Å². The largest absolute Gasteiger partial charge is 0.483 e. The van der Waals surface area contributed by atoms with E-state index in [9.17, 15) is 4.79 Å². The Morgan fingerprint density at radius 2 is 1.96 bits per heavy atom. The third-order valence-electron chi connectivity index (χ3n) is 4.48. The van der Waals surface area contributed by atoms with Crippen LogP contribution in [0.2, 0.25) is 0 Å². The topological polar surface area (TPSA) is 50.4 Å². The lowest BCUT2D eigenvalue weighted by molar-refractivity contribution is -0.121. The molecule has 1 amide bonds. The highest BCUT2D eigenvalue weighted by atomic mass is 32.1. The molecule has 3 rings (SSSR count). The second-order valence-electron chi connectivity index (χ2n) is 6.43. The van der Waals surface area contributed by atoms with E-state index in [1.807, 2.05) is 42.5 Å². The lowest BCUT2D eigenvalue weighted by atomic mass is 9.97. The predicted octanol–water partition coefficient (Wildman–Crippen LogP) is 4.10. The van der Waals surface area contributed by atoms with Gasteiger partial charge in [0.2, 0.25) is 0 Å². The number of fused-ring (bicyclic) bond motifs is 1. The van der Waals surface area contributed by atoms with Crippen LogP contribution in [0.5, 0.6) is 5.75 Å². The van der Waals surface area contributed by atoms with Gasteiger partial charge in [0, 0.05) is 11.9 Å². The maximum absolute atomic E-state index is 12.1. The quantitative estimate of drug-likeness (QED) is 0.595. The molecule has 2 N–H and O–H groups in total. The van der Waals surface area contributed by atoms with Crippen molar-refractivity contribution >= 4 is 34.0 Å². The van der Waals surface area contributed by atoms with Crippen molar-refractivity contribution in [2.75, 3.05) is 13.2 Å². The Morgan fingerprint density at radius 1 is 1.12 bits per heavy atom. The molecular weight excluding hydrogens is 344 g/mol. The zero-order valence-electron chi connectivity index (χ0n) is 14.8. The van der Waals surface area contributed by atoms with Gasteiger partial charge < -0.3 is 15.4 Å². The summed E-state index contributed by atoms with van der Waals surface area (Å²) in [5.41, 5.74) is 1.48. The monoisotopic (exact) mass is 368 g/mol. The molecule has 0 aromatic heterocycles. The summed E-state index contributed by atoms with van der Waals surface area (Å²) in [5, 5.41) is 8.19. The van der Waals surface area contributed by atoms with E-state index in [4.69, 9.17) is 17.0 Å². The van der Waals surface area contributed by atoms with Crippen molar-refractivity contribution in [3.63, 3.8) is 0 Å². The van der Waals surface area contributed by atoms with Crippen LogP contribution in [0, 0.1) is 0 Å². The van der Waals surface area contributed by atoms with Gasteiger partial charge in [-0.3, -0.25) is 4.79 Å². The minimum absolute atomic E-state index is 0.0685. The second-order valence-corrected chi connectivity index (χ2v) is 6.84. The molecule has 136 valence electrons. The molecular formula is C21H24N2O2S. The number of hydrogen-bond donors (Lipinski definition) is 2. The van der Waals surface area contributed by atoms with Crippen LogP contribution in [0.25, 0.3) is 10.8 Å². The molecule has 0 spiro atoms.